The topological polar surface area (TPSA) is 100 Å². The van der Waals surface area contributed by atoms with Crippen molar-refractivity contribution in [1.82, 2.24) is 20.8 Å². The van der Waals surface area contributed by atoms with Gasteiger partial charge in [0.25, 0.3) is 5.91 Å². The first-order valence-electron chi connectivity index (χ1n) is 8.00. The lowest BCUT2D eigenvalue weighted by molar-refractivity contribution is 0.0946. The van der Waals surface area contributed by atoms with Crippen molar-refractivity contribution in [2.24, 2.45) is 0 Å². The first kappa shape index (κ1) is 18.8. The van der Waals surface area contributed by atoms with Gasteiger partial charge >= 0.3 is 0 Å². The molecule has 140 valence electrons. The van der Waals surface area contributed by atoms with E-state index in [4.69, 9.17) is 16.1 Å². The predicted molar refractivity (Wildman–Crippen MR) is 96.7 cm³/mol. The highest BCUT2D eigenvalue weighted by Gasteiger charge is 2.19. The average molecular weight is 391 g/mol. The first-order valence-corrected chi connectivity index (χ1v) is 8.38. The van der Waals surface area contributed by atoms with Crippen molar-refractivity contribution in [2.75, 3.05) is 7.05 Å². The number of phenolic OH excluding ortho intramolecular Hbond substituents is 1. The third-order valence-electron chi connectivity index (χ3n) is 3.73. The number of nitrogens with zero attached hydrogens (tertiary/aromatic N) is 2. The molecule has 3 rings (SSSR count). The summed E-state index contributed by atoms with van der Waals surface area (Å²) in [7, 11) is 1.71. The Hall–Kier alpha value is -2.97. The molecular formula is C18H16ClFN4O3. The number of phenols is 1. The molecule has 0 spiro atoms. The van der Waals surface area contributed by atoms with Crippen molar-refractivity contribution >= 4 is 17.5 Å². The van der Waals surface area contributed by atoms with Gasteiger partial charge in [-0.15, -0.1) is 0 Å². The highest BCUT2D eigenvalue weighted by Crippen LogP contribution is 2.30. The quantitative estimate of drug-likeness (QED) is 0.598. The Bertz CT molecular complexity index is 960. The molecule has 9 heteroatoms. The van der Waals surface area contributed by atoms with Crippen LogP contribution < -0.4 is 10.6 Å². The normalized spacial score (nSPS) is 10.8. The van der Waals surface area contributed by atoms with E-state index in [0.717, 1.165) is 17.7 Å². The Labute approximate surface area is 159 Å². The van der Waals surface area contributed by atoms with E-state index in [2.05, 4.69) is 20.8 Å². The van der Waals surface area contributed by atoms with Gasteiger partial charge in [0.1, 0.15) is 11.6 Å². The summed E-state index contributed by atoms with van der Waals surface area (Å²) in [6.07, 6.45) is 0. The third-order valence-corrected chi connectivity index (χ3v) is 3.99. The number of carbonyl (C=O) groups is 1. The molecule has 0 fully saturated rings. The Morgan fingerprint density at radius 3 is 2.70 bits per heavy atom. The van der Waals surface area contributed by atoms with E-state index in [1.807, 2.05) is 0 Å². The highest BCUT2D eigenvalue weighted by atomic mass is 35.5. The minimum Gasteiger partial charge on any atom is -0.507 e. The molecule has 0 aliphatic carbocycles. The number of hydrogen-bond donors (Lipinski definition) is 3. The third kappa shape index (κ3) is 4.42. The minimum atomic E-state index is -0.809. The summed E-state index contributed by atoms with van der Waals surface area (Å²) in [5.41, 5.74) is 0.551. The van der Waals surface area contributed by atoms with Crippen LogP contribution in [0.1, 0.15) is 21.8 Å². The summed E-state index contributed by atoms with van der Waals surface area (Å²) in [4.78, 5) is 16.3. The lowest BCUT2D eigenvalue weighted by Crippen LogP contribution is -2.23. The second-order valence-corrected chi connectivity index (χ2v) is 6.14. The Kier molecular flexibility index (Phi) is 5.68. The molecule has 3 N–H and O–H groups in total. The molecule has 1 amide bonds. The lowest BCUT2D eigenvalue weighted by atomic mass is 10.1. The second-order valence-electron chi connectivity index (χ2n) is 5.70. The molecule has 3 aromatic rings. The van der Waals surface area contributed by atoms with Crippen LogP contribution in [-0.2, 0) is 13.1 Å². The molecule has 1 aromatic heterocycles. The van der Waals surface area contributed by atoms with Crippen LogP contribution in [0.5, 0.6) is 5.75 Å². The van der Waals surface area contributed by atoms with Crippen LogP contribution in [0.4, 0.5) is 4.39 Å². The minimum absolute atomic E-state index is 0.0322. The van der Waals surface area contributed by atoms with Gasteiger partial charge in [0.15, 0.2) is 0 Å². The summed E-state index contributed by atoms with van der Waals surface area (Å²) >= 11 is 5.81. The Balaban J connectivity index is 1.76. The van der Waals surface area contributed by atoms with Gasteiger partial charge in [0.05, 0.1) is 17.7 Å². The van der Waals surface area contributed by atoms with Crippen LogP contribution in [0, 0.1) is 5.82 Å². The Morgan fingerprint density at radius 2 is 2.00 bits per heavy atom. The standard InChI is InChI=1S/C18H16ClFN4O3/c1-21-9-16-23-17(24-27-16)13-6-14(20)12(7-15(13)25)18(26)22-8-10-2-4-11(19)5-3-10/h2-7,21,25H,8-9H2,1H3,(H,22,26). The molecule has 0 radical (unpaired) electrons. The lowest BCUT2D eigenvalue weighted by Gasteiger charge is -2.08. The molecule has 0 unspecified atom stereocenters. The molecule has 27 heavy (non-hydrogen) atoms. The van der Waals surface area contributed by atoms with Gasteiger partial charge in [0, 0.05) is 11.6 Å². The van der Waals surface area contributed by atoms with Gasteiger partial charge in [0.2, 0.25) is 11.7 Å². The molecule has 0 aliphatic heterocycles. The number of carbonyl (C=O) groups excluding carboxylic acids is 1. The van der Waals surface area contributed by atoms with Gasteiger partial charge in [-0.2, -0.15) is 4.98 Å². The van der Waals surface area contributed by atoms with E-state index in [0.29, 0.717) is 11.6 Å². The molecular weight excluding hydrogens is 375 g/mol. The molecule has 0 saturated carbocycles. The molecule has 7 nitrogen and oxygen atoms in total. The predicted octanol–water partition coefficient (Wildman–Crippen LogP) is 2.88. The van der Waals surface area contributed by atoms with Gasteiger partial charge in [-0.25, -0.2) is 4.39 Å². The maximum absolute atomic E-state index is 14.4. The fraction of sp³-hybridized carbons (Fsp3) is 0.167. The van der Waals surface area contributed by atoms with Crippen LogP contribution in [0.2, 0.25) is 5.02 Å². The van der Waals surface area contributed by atoms with Crippen molar-refractivity contribution in [3.05, 3.63) is 64.3 Å². The van der Waals surface area contributed by atoms with Crippen molar-refractivity contribution in [1.29, 1.82) is 0 Å². The average Bonchev–Trinajstić information content (AvgIpc) is 3.11. The SMILES string of the molecule is CNCc1nc(-c2cc(F)c(C(=O)NCc3ccc(Cl)cc3)cc2O)no1. The van der Waals surface area contributed by atoms with E-state index in [1.165, 1.54) is 0 Å². The zero-order valence-electron chi connectivity index (χ0n) is 14.3. The molecule has 1 heterocycles. The van der Waals surface area contributed by atoms with E-state index >= 15 is 0 Å². The van der Waals surface area contributed by atoms with Crippen LogP contribution >= 0.6 is 11.6 Å². The number of aromatic nitrogens is 2. The largest absolute Gasteiger partial charge is 0.507 e. The number of rotatable bonds is 6. The van der Waals surface area contributed by atoms with Gasteiger partial charge < -0.3 is 20.3 Å². The summed E-state index contributed by atoms with van der Waals surface area (Å²) in [5.74, 6) is -1.48. The zero-order chi connectivity index (χ0) is 19.4. The second kappa shape index (κ2) is 8.15. The van der Waals surface area contributed by atoms with Crippen molar-refractivity contribution < 1.29 is 18.8 Å². The maximum atomic E-state index is 14.4. The molecule has 0 saturated heterocycles. The fourth-order valence-corrected chi connectivity index (χ4v) is 2.51. The fourth-order valence-electron chi connectivity index (χ4n) is 2.38. The number of amides is 1. The van der Waals surface area contributed by atoms with Crippen LogP contribution in [-0.4, -0.2) is 28.2 Å². The van der Waals surface area contributed by atoms with Crippen LogP contribution in [0.25, 0.3) is 11.4 Å². The van der Waals surface area contributed by atoms with E-state index < -0.39 is 11.7 Å². The molecule has 0 aliphatic rings. The van der Waals surface area contributed by atoms with E-state index in [9.17, 15) is 14.3 Å². The molecule has 0 atom stereocenters. The zero-order valence-corrected chi connectivity index (χ0v) is 15.0. The number of nitrogens with one attached hydrogen (secondary N) is 2. The smallest absolute Gasteiger partial charge is 0.254 e. The monoisotopic (exact) mass is 390 g/mol. The van der Waals surface area contributed by atoms with Crippen molar-refractivity contribution in [2.45, 2.75) is 13.1 Å². The van der Waals surface area contributed by atoms with Crippen molar-refractivity contribution in [3.8, 4) is 17.1 Å². The van der Waals surface area contributed by atoms with E-state index in [-0.39, 0.29) is 35.1 Å². The van der Waals surface area contributed by atoms with Gasteiger partial charge in [-0.1, -0.05) is 28.9 Å². The molecule has 2 aromatic carbocycles. The van der Waals surface area contributed by atoms with E-state index in [1.54, 1.807) is 31.3 Å². The summed E-state index contributed by atoms with van der Waals surface area (Å²) < 4.78 is 19.4. The Morgan fingerprint density at radius 1 is 1.26 bits per heavy atom. The number of hydrogen-bond acceptors (Lipinski definition) is 6. The van der Waals surface area contributed by atoms with Crippen molar-refractivity contribution in [3.63, 3.8) is 0 Å². The van der Waals surface area contributed by atoms with Gasteiger partial charge in [-0.05, 0) is 36.9 Å². The highest BCUT2D eigenvalue weighted by molar-refractivity contribution is 6.30. The number of aromatic hydroxyl groups is 1. The first-order chi connectivity index (χ1) is 13.0. The number of benzene rings is 2. The van der Waals surface area contributed by atoms with Gasteiger partial charge in [-0.3, -0.25) is 4.79 Å². The molecule has 0 bridgehead atoms. The summed E-state index contributed by atoms with van der Waals surface area (Å²) in [5, 5.41) is 19.9. The summed E-state index contributed by atoms with van der Waals surface area (Å²) in [6, 6.07) is 8.92. The van der Waals surface area contributed by atoms with Crippen LogP contribution in [0.3, 0.4) is 0 Å². The summed E-state index contributed by atoms with van der Waals surface area (Å²) in [6.45, 7) is 0.525. The van der Waals surface area contributed by atoms with Crippen LogP contribution in [0.15, 0.2) is 40.9 Å². The number of halogens is 2. The maximum Gasteiger partial charge on any atom is 0.254 e.